The molecule has 0 atom stereocenters. The molecule has 0 saturated carbocycles. The Labute approximate surface area is 132 Å². The van der Waals surface area contributed by atoms with Crippen molar-refractivity contribution in [3.05, 3.63) is 29.8 Å². The Balaban J connectivity index is 2.38. The minimum Gasteiger partial charge on any atom is -0.444 e. The van der Waals surface area contributed by atoms with Gasteiger partial charge in [0.1, 0.15) is 5.60 Å². The van der Waals surface area contributed by atoms with Crippen LogP contribution in [0.1, 0.15) is 52.5 Å². The molecule has 1 aromatic rings. The number of carbonyl (C=O) groups is 2. The lowest BCUT2D eigenvalue weighted by Crippen LogP contribution is -2.34. The van der Waals surface area contributed by atoms with Crippen molar-refractivity contribution in [3.63, 3.8) is 0 Å². The van der Waals surface area contributed by atoms with Gasteiger partial charge in [0.05, 0.1) is 0 Å². The van der Waals surface area contributed by atoms with E-state index in [1.54, 1.807) is 20.8 Å². The number of ether oxygens (including phenoxy) is 1. The number of amides is 2. The van der Waals surface area contributed by atoms with Crippen molar-refractivity contribution in [2.24, 2.45) is 0 Å². The molecule has 0 fully saturated rings. The summed E-state index contributed by atoms with van der Waals surface area (Å²) in [5.74, 6) is 0.266. The van der Waals surface area contributed by atoms with E-state index in [0.717, 1.165) is 5.69 Å². The van der Waals surface area contributed by atoms with E-state index in [1.807, 2.05) is 24.3 Å². The fraction of sp³-hybridized carbons (Fsp3) is 0.529. The van der Waals surface area contributed by atoms with E-state index in [4.69, 9.17) is 4.74 Å². The van der Waals surface area contributed by atoms with E-state index >= 15 is 0 Å². The number of anilines is 1. The molecule has 0 aliphatic rings. The molecule has 2 N–H and O–H groups in total. The highest BCUT2D eigenvalue weighted by atomic mass is 16.6. The molecule has 0 aliphatic carbocycles. The maximum atomic E-state index is 11.9. The van der Waals surface area contributed by atoms with Crippen molar-refractivity contribution in [3.8, 4) is 0 Å². The molecule has 0 aliphatic heterocycles. The number of hydrogen-bond acceptors (Lipinski definition) is 3. The molecule has 0 aromatic heterocycles. The first-order valence-corrected chi connectivity index (χ1v) is 7.54. The lowest BCUT2D eigenvalue weighted by molar-refractivity contribution is -0.116. The summed E-state index contributed by atoms with van der Waals surface area (Å²) in [5.41, 5.74) is 1.40. The number of benzene rings is 1. The molecule has 0 spiro atoms. The van der Waals surface area contributed by atoms with Gasteiger partial charge in [0.25, 0.3) is 0 Å². The van der Waals surface area contributed by atoms with Crippen LogP contribution in [0, 0.1) is 0 Å². The van der Waals surface area contributed by atoms with Crippen LogP contribution in [0.15, 0.2) is 24.3 Å². The Morgan fingerprint density at radius 1 is 1.23 bits per heavy atom. The second-order valence-electron chi connectivity index (χ2n) is 6.51. The number of alkyl carbamates (subject to hydrolysis) is 1. The molecule has 5 nitrogen and oxygen atoms in total. The number of nitrogens with one attached hydrogen (secondary N) is 2. The highest BCUT2D eigenvalue weighted by molar-refractivity contribution is 5.91. The monoisotopic (exact) mass is 306 g/mol. The normalized spacial score (nSPS) is 11.2. The van der Waals surface area contributed by atoms with Crippen molar-refractivity contribution in [1.82, 2.24) is 5.32 Å². The van der Waals surface area contributed by atoms with E-state index in [0.29, 0.717) is 5.92 Å². The van der Waals surface area contributed by atoms with E-state index < -0.39 is 11.7 Å². The molecule has 0 heterocycles. The van der Waals surface area contributed by atoms with Gasteiger partial charge in [-0.3, -0.25) is 4.79 Å². The molecule has 22 heavy (non-hydrogen) atoms. The molecule has 0 unspecified atom stereocenters. The van der Waals surface area contributed by atoms with Gasteiger partial charge in [-0.2, -0.15) is 0 Å². The highest BCUT2D eigenvalue weighted by Crippen LogP contribution is 2.18. The quantitative estimate of drug-likeness (QED) is 0.872. The average molecular weight is 306 g/mol. The molecule has 1 rings (SSSR count). The van der Waals surface area contributed by atoms with Crippen LogP contribution >= 0.6 is 0 Å². The number of rotatable bonds is 5. The fourth-order valence-electron chi connectivity index (χ4n) is 1.79. The summed E-state index contributed by atoms with van der Waals surface area (Å²) in [5, 5.41) is 5.39. The van der Waals surface area contributed by atoms with Gasteiger partial charge < -0.3 is 15.4 Å². The summed E-state index contributed by atoms with van der Waals surface area (Å²) in [6.07, 6.45) is -0.312. The minimum atomic E-state index is -0.538. The maximum absolute atomic E-state index is 11.9. The van der Waals surface area contributed by atoms with Gasteiger partial charge in [-0.25, -0.2) is 4.79 Å². The van der Waals surface area contributed by atoms with Crippen molar-refractivity contribution in [2.45, 2.75) is 52.6 Å². The molecule has 1 aromatic carbocycles. The van der Waals surface area contributed by atoms with Gasteiger partial charge >= 0.3 is 6.09 Å². The topological polar surface area (TPSA) is 67.4 Å². The van der Waals surface area contributed by atoms with Crippen LogP contribution in [-0.4, -0.2) is 24.1 Å². The molecule has 0 radical (unpaired) electrons. The van der Waals surface area contributed by atoms with E-state index in [2.05, 4.69) is 24.5 Å². The predicted molar refractivity (Wildman–Crippen MR) is 88.0 cm³/mol. The van der Waals surface area contributed by atoms with Crippen LogP contribution in [-0.2, 0) is 9.53 Å². The third kappa shape index (κ3) is 7.11. The van der Waals surface area contributed by atoms with Gasteiger partial charge in [0.2, 0.25) is 5.91 Å². The molecule has 0 saturated heterocycles. The van der Waals surface area contributed by atoms with Crippen molar-refractivity contribution in [2.75, 3.05) is 11.9 Å². The van der Waals surface area contributed by atoms with Crippen molar-refractivity contribution in [1.29, 1.82) is 0 Å². The van der Waals surface area contributed by atoms with Gasteiger partial charge in [-0.1, -0.05) is 26.0 Å². The Morgan fingerprint density at radius 3 is 2.50 bits per heavy atom. The lowest BCUT2D eigenvalue weighted by Gasteiger charge is -2.19. The Hall–Kier alpha value is -2.04. The molecule has 2 amide bonds. The van der Waals surface area contributed by atoms with E-state index in [1.165, 1.54) is 5.56 Å². The van der Waals surface area contributed by atoms with Gasteiger partial charge in [-0.05, 0) is 44.4 Å². The van der Waals surface area contributed by atoms with Gasteiger partial charge in [-0.15, -0.1) is 0 Å². The summed E-state index contributed by atoms with van der Waals surface area (Å²) < 4.78 is 5.10. The van der Waals surface area contributed by atoms with Crippen LogP contribution in [0.2, 0.25) is 0 Å². The number of hydrogen-bond donors (Lipinski definition) is 2. The third-order valence-electron chi connectivity index (χ3n) is 2.86. The van der Waals surface area contributed by atoms with Crippen LogP contribution in [0.3, 0.4) is 0 Å². The first kappa shape index (κ1) is 18.0. The Kier molecular flexibility index (Phi) is 6.40. The zero-order valence-electron chi connectivity index (χ0n) is 14.0. The van der Waals surface area contributed by atoms with Crippen molar-refractivity contribution >= 4 is 17.7 Å². The first-order chi connectivity index (χ1) is 10.2. The highest BCUT2D eigenvalue weighted by Gasteiger charge is 2.15. The van der Waals surface area contributed by atoms with Crippen LogP contribution in [0.25, 0.3) is 0 Å². The molecular weight excluding hydrogens is 280 g/mol. The second-order valence-corrected chi connectivity index (χ2v) is 6.51. The summed E-state index contributed by atoms with van der Waals surface area (Å²) in [7, 11) is 0. The Morgan fingerprint density at radius 2 is 1.91 bits per heavy atom. The standard InChI is InChI=1S/C17H26N2O3/c1-12(2)13-7-6-8-14(11-13)19-15(20)9-10-18-16(21)22-17(3,4)5/h6-8,11-12H,9-10H2,1-5H3,(H,18,21)(H,19,20). The van der Waals surface area contributed by atoms with Crippen molar-refractivity contribution < 1.29 is 14.3 Å². The lowest BCUT2D eigenvalue weighted by atomic mass is 10.0. The molecule has 5 heteroatoms. The maximum Gasteiger partial charge on any atom is 0.407 e. The smallest absolute Gasteiger partial charge is 0.407 e. The average Bonchev–Trinajstić information content (AvgIpc) is 2.36. The van der Waals surface area contributed by atoms with E-state index in [9.17, 15) is 9.59 Å². The van der Waals surface area contributed by atoms with Crippen LogP contribution in [0.4, 0.5) is 10.5 Å². The number of carbonyl (C=O) groups excluding carboxylic acids is 2. The molecule has 122 valence electrons. The van der Waals surface area contributed by atoms with Gasteiger partial charge in [0, 0.05) is 18.7 Å². The fourth-order valence-corrected chi connectivity index (χ4v) is 1.79. The van der Waals surface area contributed by atoms with Crippen LogP contribution in [0.5, 0.6) is 0 Å². The summed E-state index contributed by atoms with van der Waals surface area (Å²) in [4.78, 5) is 23.3. The summed E-state index contributed by atoms with van der Waals surface area (Å²) in [6.45, 7) is 9.82. The SMILES string of the molecule is CC(C)c1cccc(NC(=O)CCNC(=O)OC(C)(C)C)c1. The molecule has 0 bridgehead atoms. The first-order valence-electron chi connectivity index (χ1n) is 7.54. The predicted octanol–water partition coefficient (Wildman–Crippen LogP) is 3.66. The molecular formula is C17H26N2O3. The zero-order chi connectivity index (χ0) is 16.8. The van der Waals surface area contributed by atoms with Gasteiger partial charge in [0.15, 0.2) is 0 Å². The largest absolute Gasteiger partial charge is 0.444 e. The zero-order valence-corrected chi connectivity index (χ0v) is 14.0. The summed E-state index contributed by atoms with van der Waals surface area (Å²) >= 11 is 0. The summed E-state index contributed by atoms with van der Waals surface area (Å²) in [6, 6.07) is 7.77. The van der Waals surface area contributed by atoms with Crippen LogP contribution < -0.4 is 10.6 Å². The minimum absolute atomic E-state index is 0.142. The third-order valence-corrected chi connectivity index (χ3v) is 2.86. The Bertz CT molecular complexity index is 519. The second kappa shape index (κ2) is 7.82. The van der Waals surface area contributed by atoms with E-state index in [-0.39, 0.29) is 18.9 Å².